The van der Waals surface area contributed by atoms with Crippen LogP contribution < -0.4 is 0 Å². The molecule has 4 fully saturated rings. The smallest absolute Gasteiger partial charge is 0.217 e. The third kappa shape index (κ3) is 3.47. The highest BCUT2D eigenvalue weighted by molar-refractivity contribution is 7.90. The molecule has 1 aromatic carbocycles. The second-order valence-corrected chi connectivity index (χ2v) is 11.5. The maximum absolute atomic E-state index is 13.1. The molecule has 0 N–H and O–H groups in total. The van der Waals surface area contributed by atoms with Gasteiger partial charge in [0.2, 0.25) is 10.0 Å². The Morgan fingerprint density at radius 2 is 1.63 bits per heavy atom. The van der Waals surface area contributed by atoms with E-state index in [2.05, 4.69) is 29.2 Å². The number of hydrogen-bond donors (Lipinski definition) is 0. The molecule has 0 spiro atoms. The molecule has 2 saturated carbocycles. The van der Waals surface area contributed by atoms with Crippen molar-refractivity contribution in [3.05, 3.63) is 35.9 Å². The highest BCUT2D eigenvalue weighted by Crippen LogP contribution is 2.49. The van der Waals surface area contributed by atoms with Crippen molar-refractivity contribution in [3.63, 3.8) is 0 Å². The third-order valence-electron chi connectivity index (χ3n) is 7.35. The largest absolute Gasteiger partial charge is 0.302 e. The molecule has 2 heterocycles. The molecular weight excluding hydrogens is 356 g/mol. The minimum absolute atomic E-state index is 0.0400. The van der Waals surface area contributed by atoms with E-state index in [1.807, 2.05) is 10.4 Å². The summed E-state index contributed by atoms with van der Waals surface area (Å²) >= 11 is 0. The first-order chi connectivity index (χ1) is 13.1. The van der Waals surface area contributed by atoms with Gasteiger partial charge < -0.3 is 4.90 Å². The summed E-state index contributed by atoms with van der Waals surface area (Å²) in [5, 5.41) is -0.110. The lowest BCUT2D eigenvalue weighted by atomic mass is 9.89. The van der Waals surface area contributed by atoms with Crippen molar-refractivity contribution >= 4 is 10.0 Å². The van der Waals surface area contributed by atoms with Crippen LogP contribution in [0.5, 0.6) is 0 Å². The van der Waals surface area contributed by atoms with Crippen LogP contribution in [0.4, 0.5) is 0 Å². The topological polar surface area (TPSA) is 40.6 Å². The normalized spacial score (nSPS) is 33.4. The standard InChI is InChI=1S/C22H32N2O2S/c25-27(26,20-11-12-20)24-15-19-14-23(13-17-7-3-1-4-8-17)16-21(19)22(24)18-9-5-2-6-10-18/h2,5-6,9-10,17,19-22H,1,3-4,7-8,11-16H2/t19-,21-,22+/m0/s1. The quantitative estimate of drug-likeness (QED) is 0.773. The Labute approximate surface area is 164 Å². The summed E-state index contributed by atoms with van der Waals surface area (Å²) in [4.78, 5) is 2.66. The molecule has 4 aliphatic rings. The zero-order valence-corrected chi connectivity index (χ0v) is 17.0. The van der Waals surface area contributed by atoms with E-state index in [9.17, 15) is 8.42 Å². The predicted molar refractivity (Wildman–Crippen MR) is 108 cm³/mol. The molecule has 148 valence electrons. The van der Waals surface area contributed by atoms with Crippen LogP contribution in [0.2, 0.25) is 0 Å². The van der Waals surface area contributed by atoms with Gasteiger partial charge in [0.1, 0.15) is 0 Å². The Bertz CT molecular complexity index is 756. The zero-order chi connectivity index (χ0) is 18.4. The number of sulfonamides is 1. The van der Waals surface area contributed by atoms with Crippen LogP contribution in [0.25, 0.3) is 0 Å². The molecule has 5 rings (SSSR count). The molecule has 4 nitrogen and oxygen atoms in total. The van der Waals surface area contributed by atoms with Gasteiger partial charge in [-0.3, -0.25) is 0 Å². The summed E-state index contributed by atoms with van der Waals surface area (Å²) < 4.78 is 28.1. The minimum atomic E-state index is -3.13. The number of rotatable bonds is 5. The van der Waals surface area contributed by atoms with Gasteiger partial charge in [0.25, 0.3) is 0 Å². The molecule has 2 saturated heterocycles. The van der Waals surface area contributed by atoms with E-state index < -0.39 is 10.0 Å². The van der Waals surface area contributed by atoms with Gasteiger partial charge in [-0.1, -0.05) is 49.6 Å². The summed E-state index contributed by atoms with van der Waals surface area (Å²) in [5.41, 5.74) is 1.19. The average Bonchev–Trinajstić information content (AvgIpc) is 3.39. The number of likely N-dealkylation sites (tertiary alicyclic amines) is 1. The number of fused-ring (bicyclic) bond motifs is 1. The highest BCUT2D eigenvalue weighted by atomic mass is 32.2. The maximum atomic E-state index is 13.1. The molecule has 27 heavy (non-hydrogen) atoms. The lowest BCUT2D eigenvalue weighted by molar-refractivity contribution is 0.207. The Hall–Kier alpha value is -0.910. The van der Waals surface area contributed by atoms with Crippen molar-refractivity contribution in [1.29, 1.82) is 0 Å². The Kier molecular flexibility index (Phi) is 4.81. The van der Waals surface area contributed by atoms with Gasteiger partial charge in [-0.25, -0.2) is 8.42 Å². The van der Waals surface area contributed by atoms with Crippen molar-refractivity contribution in [2.24, 2.45) is 17.8 Å². The predicted octanol–water partition coefficient (Wildman–Crippen LogP) is 3.66. The summed E-state index contributed by atoms with van der Waals surface area (Å²) in [6.45, 7) is 4.10. The fourth-order valence-corrected chi connectivity index (χ4v) is 7.97. The first kappa shape index (κ1) is 18.1. The van der Waals surface area contributed by atoms with E-state index in [-0.39, 0.29) is 11.3 Å². The van der Waals surface area contributed by atoms with Crippen LogP contribution in [0, 0.1) is 17.8 Å². The van der Waals surface area contributed by atoms with Crippen molar-refractivity contribution in [2.45, 2.75) is 56.2 Å². The number of benzene rings is 1. The molecule has 0 bridgehead atoms. The molecule has 1 aromatic rings. The zero-order valence-electron chi connectivity index (χ0n) is 16.2. The van der Waals surface area contributed by atoms with Gasteiger partial charge >= 0.3 is 0 Å². The Morgan fingerprint density at radius 3 is 2.33 bits per heavy atom. The van der Waals surface area contributed by atoms with Crippen LogP contribution in [0.15, 0.2) is 30.3 Å². The third-order valence-corrected chi connectivity index (χ3v) is 9.70. The fourth-order valence-electron chi connectivity index (χ4n) is 5.86. The molecule has 0 unspecified atom stereocenters. The lowest BCUT2D eigenvalue weighted by Gasteiger charge is -2.31. The molecule has 2 aliphatic carbocycles. The average molecular weight is 389 g/mol. The molecular formula is C22H32N2O2S. The minimum Gasteiger partial charge on any atom is -0.302 e. The summed E-state index contributed by atoms with van der Waals surface area (Å²) in [6, 6.07) is 10.4. The summed E-state index contributed by atoms with van der Waals surface area (Å²) in [7, 11) is -3.13. The van der Waals surface area contributed by atoms with Gasteiger partial charge in [-0.15, -0.1) is 0 Å². The second kappa shape index (κ2) is 7.16. The molecule has 2 aliphatic heterocycles. The summed E-state index contributed by atoms with van der Waals surface area (Å²) in [5.74, 6) is 1.80. The fraction of sp³-hybridized carbons (Fsp3) is 0.727. The van der Waals surface area contributed by atoms with Crippen LogP contribution in [0.1, 0.15) is 56.6 Å². The first-order valence-corrected chi connectivity index (χ1v) is 12.4. The molecule has 0 radical (unpaired) electrons. The lowest BCUT2D eigenvalue weighted by Crippen LogP contribution is -2.38. The van der Waals surface area contributed by atoms with Gasteiger partial charge in [-0.05, 0) is 49.0 Å². The Balaban J connectivity index is 1.36. The van der Waals surface area contributed by atoms with Gasteiger partial charge in [0.15, 0.2) is 0 Å². The van der Waals surface area contributed by atoms with Crippen LogP contribution in [-0.4, -0.2) is 49.1 Å². The Morgan fingerprint density at radius 1 is 0.889 bits per heavy atom. The van der Waals surface area contributed by atoms with Crippen molar-refractivity contribution in [1.82, 2.24) is 9.21 Å². The number of hydrogen-bond acceptors (Lipinski definition) is 3. The van der Waals surface area contributed by atoms with Crippen molar-refractivity contribution < 1.29 is 8.42 Å². The van der Waals surface area contributed by atoms with Gasteiger partial charge in [-0.2, -0.15) is 4.31 Å². The molecule has 0 amide bonds. The van der Waals surface area contributed by atoms with Gasteiger partial charge in [0.05, 0.1) is 11.3 Å². The molecule has 0 aromatic heterocycles. The molecule has 5 heteroatoms. The van der Waals surface area contributed by atoms with E-state index in [1.165, 1.54) is 44.2 Å². The van der Waals surface area contributed by atoms with E-state index in [0.717, 1.165) is 38.4 Å². The molecule has 3 atom stereocenters. The van der Waals surface area contributed by atoms with Crippen molar-refractivity contribution in [3.8, 4) is 0 Å². The van der Waals surface area contributed by atoms with E-state index in [4.69, 9.17) is 0 Å². The van der Waals surface area contributed by atoms with Crippen LogP contribution in [-0.2, 0) is 10.0 Å². The van der Waals surface area contributed by atoms with Crippen molar-refractivity contribution in [2.75, 3.05) is 26.2 Å². The maximum Gasteiger partial charge on any atom is 0.217 e. The summed E-state index contributed by atoms with van der Waals surface area (Å²) in [6.07, 6.45) is 8.67. The van der Waals surface area contributed by atoms with E-state index in [0.29, 0.717) is 11.8 Å². The highest BCUT2D eigenvalue weighted by Gasteiger charge is 2.54. The monoisotopic (exact) mass is 388 g/mol. The van der Waals surface area contributed by atoms with E-state index in [1.54, 1.807) is 0 Å². The van der Waals surface area contributed by atoms with Crippen LogP contribution >= 0.6 is 0 Å². The number of nitrogens with zero attached hydrogens (tertiary/aromatic N) is 2. The second-order valence-electron chi connectivity index (χ2n) is 9.32. The van der Waals surface area contributed by atoms with Crippen LogP contribution in [0.3, 0.4) is 0 Å². The SMILES string of the molecule is O=S(=O)(C1CC1)N1C[C@@H]2CN(CC3CCCCC3)C[C@@H]2[C@H]1c1ccccc1. The first-order valence-electron chi connectivity index (χ1n) is 10.9. The van der Waals surface area contributed by atoms with E-state index >= 15 is 0 Å². The van der Waals surface area contributed by atoms with Gasteiger partial charge in [0, 0.05) is 26.2 Å².